The van der Waals surface area contributed by atoms with Crippen molar-refractivity contribution in [3.8, 4) is 0 Å². The molecular formula is C16H25NO6S2. The van der Waals surface area contributed by atoms with E-state index in [4.69, 9.17) is 8.92 Å². The van der Waals surface area contributed by atoms with Crippen molar-refractivity contribution >= 4 is 20.1 Å². The summed E-state index contributed by atoms with van der Waals surface area (Å²) >= 11 is 0. The maximum absolute atomic E-state index is 13.1. The minimum absolute atomic E-state index is 0.00259. The lowest BCUT2D eigenvalue weighted by Crippen LogP contribution is -2.47. The minimum Gasteiger partial charge on any atom is -0.377 e. The van der Waals surface area contributed by atoms with E-state index in [1.54, 1.807) is 24.3 Å². The van der Waals surface area contributed by atoms with Crippen LogP contribution < -0.4 is 0 Å². The van der Waals surface area contributed by atoms with Crippen LogP contribution in [0.1, 0.15) is 19.4 Å². The zero-order valence-electron chi connectivity index (χ0n) is 14.9. The highest BCUT2D eigenvalue weighted by molar-refractivity contribution is 7.89. The Hall–Kier alpha value is -1.00. The van der Waals surface area contributed by atoms with Gasteiger partial charge >= 0.3 is 0 Å². The average Bonchev–Trinajstić information content (AvgIpc) is 2.69. The van der Waals surface area contributed by atoms with E-state index in [0.717, 1.165) is 11.8 Å². The highest BCUT2D eigenvalue weighted by Crippen LogP contribution is 2.25. The molecule has 142 valence electrons. The van der Waals surface area contributed by atoms with Gasteiger partial charge in [-0.1, -0.05) is 31.5 Å². The molecule has 7 nitrogen and oxygen atoms in total. The molecule has 1 aliphatic heterocycles. The second kappa shape index (κ2) is 7.71. The molecule has 1 saturated heterocycles. The zero-order valence-corrected chi connectivity index (χ0v) is 16.5. The van der Waals surface area contributed by atoms with E-state index in [1.165, 1.54) is 4.31 Å². The first-order chi connectivity index (χ1) is 11.5. The van der Waals surface area contributed by atoms with E-state index in [2.05, 4.69) is 0 Å². The number of ether oxygens (including phenoxy) is 1. The molecule has 1 aromatic carbocycles. The summed E-state index contributed by atoms with van der Waals surface area (Å²) < 4.78 is 61.0. The van der Waals surface area contributed by atoms with Gasteiger partial charge in [-0.3, -0.25) is 4.18 Å². The van der Waals surface area contributed by atoms with Crippen molar-refractivity contribution in [1.82, 2.24) is 4.31 Å². The molecule has 1 heterocycles. The summed E-state index contributed by atoms with van der Waals surface area (Å²) in [7, 11) is -7.52. The summed E-state index contributed by atoms with van der Waals surface area (Å²) in [5.41, 5.74) is 0.955. The van der Waals surface area contributed by atoms with Crippen LogP contribution in [-0.2, 0) is 29.1 Å². The van der Waals surface area contributed by atoms with E-state index >= 15 is 0 Å². The van der Waals surface area contributed by atoms with Crippen LogP contribution in [-0.4, -0.2) is 59.3 Å². The summed E-state index contributed by atoms with van der Waals surface area (Å²) in [6, 6.07) is 6.17. The molecule has 0 bridgehead atoms. The smallest absolute Gasteiger partial charge is 0.264 e. The van der Waals surface area contributed by atoms with Crippen molar-refractivity contribution in [3.05, 3.63) is 29.8 Å². The largest absolute Gasteiger partial charge is 0.377 e. The molecule has 1 fully saturated rings. The summed E-state index contributed by atoms with van der Waals surface area (Å²) in [6.45, 7) is 5.82. The Bertz CT molecular complexity index is 786. The van der Waals surface area contributed by atoms with Crippen molar-refractivity contribution < 1.29 is 25.8 Å². The highest BCUT2D eigenvalue weighted by Gasteiger charge is 2.38. The first kappa shape index (κ1) is 20.3. The number of hydrogen-bond donors (Lipinski definition) is 0. The Labute approximate surface area is 150 Å². The highest BCUT2D eigenvalue weighted by atomic mass is 32.2. The molecule has 0 N–H and O–H groups in total. The van der Waals surface area contributed by atoms with Crippen LogP contribution in [0.4, 0.5) is 0 Å². The maximum atomic E-state index is 13.1. The first-order valence-electron chi connectivity index (χ1n) is 8.05. The quantitative estimate of drug-likeness (QED) is 0.705. The van der Waals surface area contributed by atoms with Crippen molar-refractivity contribution in [2.75, 3.05) is 26.0 Å². The summed E-state index contributed by atoms with van der Waals surface area (Å²) in [4.78, 5) is 0.170. The number of hydrogen-bond acceptors (Lipinski definition) is 6. The average molecular weight is 392 g/mol. The zero-order chi connectivity index (χ0) is 18.8. The van der Waals surface area contributed by atoms with Crippen LogP contribution in [0.2, 0.25) is 0 Å². The van der Waals surface area contributed by atoms with Crippen LogP contribution in [0, 0.1) is 12.8 Å². The third kappa shape index (κ3) is 5.24. The predicted molar refractivity (Wildman–Crippen MR) is 94.2 cm³/mol. The third-order valence-corrected chi connectivity index (χ3v) is 6.58. The number of rotatable bonds is 5. The van der Waals surface area contributed by atoms with Gasteiger partial charge in [-0.25, -0.2) is 8.42 Å². The topological polar surface area (TPSA) is 90.0 Å². The van der Waals surface area contributed by atoms with Gasteiger partial charge in [0.25, 0.3) is 10.1 Å². The van der Waals surface area contributed by atoms with Crippen molar-refractivity contribution in [2.24, 2.45) is 5.92 Å². The van der Waals surface area contributed by atoms with Crippen LogP contribution in [0.15, 0.2) is 29.2 Å². The number of benzene rings is 1. The monoisotopic (exact) mass is 391 g/mol. The van der Waals surface area contributed by atoms with Gasteiger partial charge in [-0.2, -0.15) is 12.7 Å². The number of nitrogens with zero attached hydrogens (tertiary/aromatic N) is 1. The molecule has 2 rings (SSSR count). The van der Waals surface area contributed by atoms with Gasteiger partial charge in [0.1, 0.15) is 6.10 Å². The minimum atomic E-state index is -3.81. The molecule has 1 aromatic rings. The van der Waals surface area contributed by atoms with E-state index in [9.17, 15) is 16.8 Å². The standard InChI is InChI=1S/C16H25NO6S2/c1-12(2)16-11-22-10-14(23-24(4,18)19)9-17(16)25(20,21)15-7-5-13(3)6-8-15/h5-8,12,14,16H,9-11H2,1-4H3/t14-,16+/m0/s1. The Morgan fingerprint density at radius 3 is 2.24 bits per heavy atom. The molecule has 9 heteroatoms. The van der Waals surface area contributed by atoms with Gasteiger partial charge in [0, 0.05) is 6.54 Å². The lowest BCUT2D eigenvalue weighted by Gasteiger charge is -2.32. The fraction of sp³-hybridized carbons (Fsp3) is 0.625. The van der Waals surface area contributed by atoms with Gasteiger partial charge in [-0.15, -0.1) is 0 Å². The van der Waals surface area contributed by atoms with E-state index in [0.29, 0.717) is 0 Å². The van der Waals surface area contributed by atoms with Crippen LogP contribution >= 0.6 is 0 Å². The van der Waals surface area contributed by atoms with Crippen LogP contribution in [0.3, 0.4) is 0 Å². The summed E-state index contributed by atoms with van der Waals surface area (Å²) in [5, 5.41) is 0. The maximum Gasteiger partial charge on any atom is 0.264 e. The van der Waals surface area contributed by atoms with Crippen molar-refractivity contribution in [3.63, 3.8) is 0 Å². The normalized spacial score (nSPS) is 23.6. The molecule has 25 heavy (non-hydrogen) atoms. The Morgan fingerprint density at radius 1 is 1.12 bits per heavy atom. The Balaban J connectivity index is 2.40. The number of aryl methyl sites for hydroxylation is 1. The molecule has 0 spiro atoms. The van der Waals surface area contributed by atoms with Crippen molar-refractivity contribution in [2.45, 2.75) is 37.8 Å². The Morgan fingerprint density at radius 2 is 1.72 bits per heavy atom. The SMILES string of the molecule is Cc1ccc(S(=O)(=O)N2C[C@H](OS(C)(=O)=O)COC[C@@H]2C(C)C)cc1. The molecule has 0 unspecified atom stereocenters. The van der Waals surface area contributed by atoms with E-state index in [1.807, 2.05) is 20.8 Å². The summed E-state index contributed by atoms with van der Waals surface area (Å²) in [6.07, 6.45) is 0.0652. The lowest BCUT2D eigenvalue weighted by molar-refractivity contribution is 0.0654. The molecule has 0 aliphatic carbocycles. The van der Waals surface area contributed by atoms with Crippen LogP contribution in [0.25, 0.3) is 0 Å². The second-order valence-corrected chi connectivity index (χ2v) is 10.2. The first-order valence-corrected chi connectivity index (χ1v) is 11.3. The van der Waals surface area contributed by atoms with Gasteiger partial charge in [0.2, 0.25) is 10.0 Å². The van der Waals surface area contributed by atoms with Gasteiger partial charge in [0.05, 0.1) is 30.4 Å². The fourth-order valence-electron chi connectivity index (χ4n) is 2.74. The Kier molecular flexibility index (Phi) is 6.26. The fourth-order valence-corrected chi connectivity index (χ4v) is 5.13. The second-order valence-electron chi connectivity index (χ2n) is 6.66. The molecule has 0 radical (unpaired) electrons. The van der Waals surface area contributed by atoms with Gasteiger partial charge in [-0.05, 0) is 25.0 Å². The molecule has 0 saturated carbocycles. The molecule has 0 aromatic heterocycles. The van der Waals surface area contributed by atoms with Crippen molar-refractivity contribution in [1.29, 1.82) is 0 Å². The predicted octanol–water partition coefficient (Wildman–Crippen LogP) is 1.39. The molecule has 0 amide bonds. The number of sulfonamides is 1. The third-order valence-electron chi connectivity index (χ3n) is 4.05. The molecule has 1 aliphatic rings. The van der Waals surface area contributed by atoms with Crippen LogP contribution in [0.5, 0.6) is 0 Å². The van der Waals surface area contributed by atoms with Gasteiger partial charge in [0.15, 0.2) is 0 Å². The lowest BCUT2D eigenvalue weighted by atomic mass is 10.1. The van der Waals surface area contributed by atoms with E-state index in [-0.39, 0.29) is 30.6 Å². The molecular weight excluding hydrogens is 366 g/mol. The summed E-state index contributed by atoms with van der Waals surface area (Å²) in [5.74, 6) is -0.00259. The van der Waals surface area contributed by atoms with E-state index < -0.39 is 32.3 Å². The van der Waals surface area contributed by atoms with Gasteiger partial charge < -0.3 is 4.74 Å². The molecule has 2 atom stereocenters.